The average molecular weight is 336 g/mol. The molecule has 0 aromatic carbocycles. The summed E-state index contributed by atoms with van der Waals surface area (Å²) in [6, 6.07) is -0.288. The molecule has 0 aromatic rings. The van der Waals surface area contributed by atoms with Gasteiger partial charge in [-0.15, -0.1) is 0 Å². The van der Waals surface area contributed by atoms with Crippen molar-refractivity contribution in [3.8, 4) is 0 Å². The summed E-state index contributed by atoms with van der Waals surface area (Å²) in [5, 5.41) is 9.05. The predicted octanol–water partition coefficient (Wildman–Crippen LogP) is 0.745. The number of hydrogen-bond donors (Lipinski definition) is 3. The molecule has 0 radical (unpaired) electrons. The molecule has 0 bridgehead atoms. The van der Waals surface area contributed by atoms with Gasteiger partial charge in [-0.1, -0.05) is 13.3 Å². The van der Waals surface area contributed by atoms with Crippen molar-refractivity contribution in [2.45, 2.75) is 63.5 Å². The Morgan fingerprint density at radius 2 is 1.88 bits per heavy atom. The topological polar surface area (TPSA) is 90.5 Å². The Morgan fingerprint density at radius 3 is 2.50 bits per heavy atom. The maximum absolute atomic E-state index is 12.8. The molecule has 7 heteroatoms. The normalized spacial score (nSPS) is 31.4. The molecule has 2 aliphatic heterocycles. The number of imide groups is 1. The number of rotatable bonds is 4. The maximum atomic E-state index is 12.8. The van der Waals surface area contributed by atoms with Gasteiger partial charge in [0.25, 0.3) is 5.91 Å². The SMILES string of the molecule is CCC1CCC2(CC1)NC(=O)N(CC(=O)NC1CCNCC1)C2=O. The number of carbonyl (C=O) groups excluding carboxylic acids is 3. The van der Waals surface area contributed by atoms with E-state index in [1.54, 1.807) is 0 Å². The third-order valence-electron chi connectivity index (χ3n) is 5.79. The van der Waals surface area contributed by atoms with E-state index < -0.39 is 11.6 Å². The highest BCUT2D eigenvalue weighted by Gasteiger charge is 2.52. The fourth-order valence-corrected chi connectivity index (χ4v) is 4.12. The van der Waals surface area contributed by atoms with Crippen molar-refractivity contribution in [3.63, 3.8) is 0 Å². The third-order valence-corrected chi connectivity index (χ3v) is 5.79. The van der Waals surface area contributed by atoms with Gasteiger partial charge < -0.3 is 16.0 Å². The first-order chi connectivity index (χ1) is 11.5. The van der Waals surface area contributed by atoms with Gasteiger partial charge in [0, 0.05) is 6.04 Å². The Balaban J connectivity index is 1.57. The van der Waals surface area contributed by atoms with Crippen LogP contribution in [0.1, 0.15) is 51.9 Å². The maximum Gasteiger partial charge on any atom is 0.325 e. The van der Waals surface area contributed by atoms with Crippen LogP contribution in [0.4, 0.5) is 4.79 Å². The number of piperidine rings is 1. The molecule has 3 rings (SSSR count). The largest absolute Gasteiger partial charge is 0.352 e. The highest BCUT2D eigenvalue weighted by atomic mass is 16.2. The Hall–Kier alpha value is -1.63. The summed E-state index contributed by atoms with van der Waals surface area (Å²) in [5.41, 5.74) is -0.766. The Bertz CT molecular complexity index is 508. The van der Waals surface area contributed by atoms with Gasteiger partial charge in [-0.05, 0) is 57.5 Å². The lowest BCUT2D eigenvalue weighted by Gasteiger charge is -2.34. The standard InChI is InChI=1S/C17H28N4O3/c1-2-12-3-7-17(8-4-12)15(23)21(16(24)20-17)11-14(22)19-13-5-9-18-10-6-13/h12-13,18H,2-11H2,1H3,(H,19,22)(H,20,24). The molecule has 1 spiro atoms. The molecule has 7 nitrogen and oxygen atoms in total. The van der Waals surface area contributed by atoms with Gasteiger partial charge in [0.1, 0.15) is 12.1 Å². The molecule has 3 N–H and O–H groups in total. The smallest absolute Gasteiger partial charge is 0.325 e. The van der Waals surface area contributed by atoms with E-state index in [1.165, 1.54) is 0 Å². The summed E-state index contributed by atoms with van der Waals surface area (Å²) >= 11 is 0. The highest BCUT2D eigenvalue weighted by Crippen LogP contribution is 2.37. The van der Waals surface area contributed by atoms with Gasteiger partial charge in [0.2, 0.25) is 5.91 Å². The summed E-state index contributed by atoms with van der Waals surface area (Å²) in [6.07, 6.45) is 6.16. The van der Waals surface area contributed by atoms with Crippen LogP contribution in [0.15, 0.2) is 0 Å². The highest BCUT2D eigenvalue weighted by molar-refractivity contribution is 6.09. The van der Waals surface area contributed by atoms with Crippen LogP contribution in [0.2, 0.25) is 0 Å². The molecule has 0 atom stereocenters. The fraction of sp³-hybridized carbons (Fsp3) is 0.824. The first-order valence-electron chi connectivity index (χ1n) is 9.18. The van der Waals surface area contributed by atoms with Crippen LogP contribution in [0.25, 0.3) is 0 Å². The second kappa shape index (κ2) is 7.09. The Kier molecular flexibility index (Phi) is 5.08. The third kappa shape index (κ3) is 3.41. The number of nitrogens with zero attached hydrogens (tertiary/aromatic N) is 1. The van der Waals surface area contributed by atoms with Crippen LogP contribution >= 0.6 is 0 Å². The number of carbonyl (C=O) groups is 3. The van der Waals surface area contributed by atoms with E-state index in [0.717, 1.165) is 50.1 Å². The van der Waals surface area contributed by atoms with Crippen molar-refractivity contribution in [3.05, 3.63) is 0 Å². The van der Waals surface area contributed by atoms with E-state index in [-0.39, 0.29) is 24.4 Å². The second-order valence-electron chi connectivity index (χ2n) is 7.35. The van der Waals surface area contributed by atoms with Gasteiger partial charge in [-0.2, -0.15) is 0 Å². The monoisotopic (exact) mass is 336 g/mol. The van der Waals surface area contributed by atoms with Crippen LogP contribution in [-0.4, -0.2) is 54.0 Å². The lowest BCUT2D eigenvalue weighted by Crippen LogP contribution is -2.50. The lowest BCUT2D eigenvalue weighted by atomic mass is 9.75. The van der Waals surface area contributed by atoms with Crippen molar-refractivity contribution in [2.24, 2.45) is 5.92 Å². The average Bonchev–Trinajstić information content (AvgIpc) is 2.81. The minimum absolute atomic E-state index is 0.133. The van der Waals surface area contributed by atoms with E-state index >= 15 is 0 Å². The quantitative estimate of drug-likeness (QED) is 0.661. The van der Waals surface area contributed by atoms with Crippen LogP contribution in [0.5, 0.6) is 0 Å². The second-order valence-corrected chi connectivity index (χ2v) is 7.35. The van der Waals surface area contributed by atoms with Crippen LogP contribution in [0.3, 0.4) is 0 Å². The predicted molar refractivity (Wildman–Crippen MR) is 89.3 cm³/mol. The number of hydrogen-bond acceptors (Lipinski definition) is 4. The summed E-state index contributed by atoms with van der Waals surface area (Å²) in [4.78, 5) is 38.3. The molecule has 0 unspecified atom stereocenters. The van der Waals surface area contributed by atoms with Crippen molar-refractivity contribution < 1.29 is 14.4 Å². The molecule has 3 fully saturated rings. The van der Waals surface area contributed by atoms with E-state index in [4.69, 9.17) is 0 Å². The van der Waals surface area contributed by atoms with Crippen LogP contribution < -0.4 is 16.0 Å². The minimum Gasteiger partial charge on any atom is -0.352 e. The van der Waals surface area contributed by atoms with Gasteiger partial charge in [-0.3, -0.25) is 14.5 Å². The molecule has 1 saturated carbocycles. The first kappa shape index (κ1) is 17.2. The number of nitrogens with one attached hydrogen (secondary N) is 3. The van der Waals surface area contributed by atoms with E-state index in [0.29, 0.717) is 18.8 Å². The summed E-state index contributed by atoms with van der Waals surface area (Å²) in [5.74, 6) is 0.171. The van der Waals surface area contributed by atoms with Gasteiger partial charge >= 0.3 is 6.03 Å². The Morgan fingerprint density at radius 1 is 1.21 bits per heavy atom. The first-order valence-corrected chi connectivity index (χ1v) is 9.18. The zero-order valence-electron chi connectivity index (χ0n) is 14.4. The molecule has 134 valence electrons. The van der Waals surface area contributed by atoms with Gasteiger partial charge in [-0.25, -0.2) is 4.79 Å². The summed E-state index contributed by atoms with van der Waals surface area (Å²) < 4.78 is 0. The van der Waals surface area contributed by atoms with Crippen LogP contribution in [-0.2, 0) is 9.59 Å². The van der Waals surface area contributed by atoms with Crippen molar-refractivity contribution >= 4 is 17.8 Å². The van der Waals surface area contributed by atoms with E-state index in [9.17, 15) is 14.4 Å². The van der Waals surface area contributed by atoms with Gasteiger partial charge in [0.15, 0.2) is 0 Å². The fourth-order valence-electron chi connectivity index (χ4n) is 4.12. The molecule has 24 heavy (non-hydrogen) atoms. The molecule has 4 amide bonds. The molecular formula is C17H28N4O3. The molecular weight excluding hydrogens is 308 g/mol. The van der Waals surface area contributed by atoms with Gasteiger partial charge in [0.05, 0.1) is 0 Å². The molecule has 2 saturated heterocycles. The summed E-state index contributed by atoms with van der Waals surface area (Å²) in [6.45, 7) is 3.76. The van der Waals surface area contributed by atoms with E-state index in [2.05, 4.69) is 22.9 Å². The van der Waals surface area contributed by atoms with Crippen LogP contribution in [0, 0.1) is 5.92 Å². The van der Waals surface area contributed by atoms with Crippen molar-refractivity contribution in [2.75, 3.05) is 19.6 Å². The zero-order chi connectivity index (χ0) is 17.2. The molecule has 2 heterocycles. The van der Waals surface area contributed by atoms with Crippen molar-refractivity contribution in [1.29, 1.82) is 0 Å². The number of amides is 4. The molecule has 3 aliphatic rings. The minimum atomic E-state index is -0.766. The lowest BCUT2D eigenvalue weighted by molar-refractivity contribution is -0.136. The zero-order valence-corrected chi connectivity index (χ0v) is 14.4. The van der Waals surface area contributed by atoms with Crippen molar-refractivity contribution in [1.82, 2.24) is 20.9 Å². The van der Waals surface area contributed by atoms with E-state index in [1.807, 2.05) is 0 Å². The number of urea groups is 1. The Labute approximate surface area is 142 Å². The molecule has 1 aliphatic carbocycles. The molecule has 0 aromatic heterocycles. The summed E-state index contributed by atoms with van der Waals surface area (Å²) in [7, 11) is 0.